The molecule has 2 N–H and O–H groups in total. The molecule has 2 heterocycles. The van der Waals surface area contributed by atoms with Crippen molar-refractivity contribution in [3.63, 3.8) is 0 Å². The van der Waals surface area contributed by atoms with Crippen LogP contribution in [-0.2, 0) is 9.53 Å². The third-order valence-electron chi connectivity index (χ3n) is 3.28. The molecule has 2 rings (SSSR count). The van der Waals surface area contributed by atoms with Gasteiger partial charge in [-0.3, -0.25) is 10.1 Å². The molecule has 2 unspecified atom stereocenters. The summed E-state index contributed by atoms with van der Waals surface area (Å²) in [6.07, 6.45) is 4.16. The predicted molar refractivity (Wildman–Crippen MR) is 57.6 cm³/mol. The van der Waals surface area contributed by atoms with E-state index in [-0.39, 0.29) is 17.5 Å². The molecule has 86 valence electrons. The van der Waals surface area contributed by atoms with Crippen LogP contribution in [0.25, 0.3) is 0 Å². The van der Waals surface area contributed by atoms with E-state index in [4.69, 9.17) is 4.74 Å². The fourth-order valence-corrected chi connectivity index (χ4v) is 2.28. The Kier molecular flexibility index (Phi) is 3.26. The highest BCUT2D eigenvalue weighted by Gasteiger charge is 2.34. The zero-order chi connectivity index (χ0) is 10.7. The van der Waals surface area contributed by atoms with Crippen LogP contribution in [0.2, 0.25) is 0 Å². The minimum Gasteiger partial charge on any atom is -0.379 e. The number of ether oxygens (including phenoxy) is 1. The molecule has 0 aliphatic carbocycles. The molecule has 2 saturated heterocycles. The van der Waals surface area contributed by atoms with Crippen molar-refractivity contribution in [1.82, 2.24) is 10.6 Å². The van der Waals surface area contributed by atoms with E-state index in [1.165, 1.54) is 0 Å². The zero-order valence-corrected chi connectivity index (χ0v) is 9.34. The minimum atomic E-state index is -0.0285. The summed E-state index contributed by atoms with van der Waals surface area (Å²) in [5.41, 5.74) is -0.00759. The molecular formula is C11H20N2O2. The van der Waals surface area contributed by atoms with Gasteiger partial charge in [-0.1, -0.05) is 0 Å². The number of amides is 1. The second-order valence-electron chi connectivity index (χ2n) is 4.85. The van der Waals surface area contributed by atoms with Crippen molar-refractivity contribution in [1.29, 1.82) is 0 Å². The number of carbonyl (C=O) groups is 1. The first-order valence-corrected chi connectivity index (χ1v) is 5.83. The van der Waals surface area contributed by atoms with Crippen LogP contribution in [0.3, 0.4) is 0 Å². The predicted octanol–water partition coefficient (Wildman–Crippen LogP) is 0.424. The Hall–Kier alpha value is -0.610. The van der Waals surface area contributed by atoms with Gasteiger partial charge in [-0.2, -0.15) is 0 Å². The van der Waals surface area contributed by atoms with Gasteiger partial charge >= 0.3 is 0 Å². The average Bonchev–Trinajstić information content (AvgIpc) is 2.53. The van der Waals surface area contributed by atoms with Crippen LogP contribution in [0.1, 0.15) is 32.6 Å². The van der Waals surface area contributed by atoms with Crippen molar-refractivity contribution in [3.05, 3.63) is 0 Å². The molecule has 0 saturated carbocycles. The molecule has 4 heteroatoms. The lowest BCUT2D eigenvalue weighted by atomic mass is 9.98. The molecule has 0 radical (unpaired) electrons. The van der Waals surface area contributed by atoms with Crippen molar-refractivity contribution in [3.8, 4) is 0 Å². The fourth-order valence-electron chi connectivity index (χ4n) is 2.28. The van der Waals surface area contributed by atoms with Gasteiger partial charge in [-0.05, 0) is 32.6 Å². The van der Waals surface area contributed by atoms with E-state index in [1.807, 2.05) is 0 Å². The van der Waals surface area contributed by atoms with Gasteiger partial charge in [-0.25, -0.2) is 0 Å². The molecular weight excluding hydrogens is 192 g/mol. The highest BCUT2D eigenvalue weighted by atomic mass is 16.5. The quantitative estimate of drug-likeness (QED) is 0.697. The summed E-state index contributed by atoms with van der Waals surface area (Å²) in [7, 11) is 0. The monoisotopic (exact) mass is 212 g/mol. The van der Waals surface area contributed by atoms with Gasteiger partial charge in [0.05, 0.1) is 12.6 Å². The summed E-state index contributed by atoms with van der Waals surface area (Å²) in [6.45, 7) is 4.48. The van der Waals surface area contributed by atoms with E-state index in [1.54, 1.807) is 0 Å². The van der Waals surface area contributed by atoms with Crippen LogP contribution in [0.4, 0.5) is 0 Å². The van der Waals surface area contributed by atoms with E-state index >= 15 is 0 Å². The third kappa shape index (κ3) is 2.69. The molecule has 2 atom stereocenters. The summed E-state index contributed by atoms with van der Waals surface area (Å²) in [4.78, 5) is 11.7. The topological polar surface area (TPSA) is 50.4 Å². The highest BCUT2D eigenvalue weighted by Crippen LogP contribution is 2.20. The van der Waals surface area contributed by atoms with Crippen molar-refractivity contribution >= 4 is 5.91 Å². The number of hydrogen-bond acceptors (Lipinski definition) is 3. The second-order valence-corrected chi connectivity index (χ2v) is 4.85. The summed E-state index contributed by atoms with van der Waals surface area (Å²) in [5.74, 6) is 0.153. The van der Waals surface area contributed by atoms with Gasteiger partial charge in [0.15, 0.2) is 0 Å². The Labute approximate surface area is 90.8 Å². The standard InChI is InChI=1S/C11H20N2O2/c1-11(5-7-15-8-11)13-9-4-2-3-6-12-10(9)14/h9,13H,2-8H2,1H3,(H,12,14). The van der Waals surface area contributed by atoms with Crippen LogP contribution in [0.5, 0.6) is 0 Å². The molecule has 0 aromatic carbocycles. The van der Waals surface area contributed by atoms with E-state index in [2.05, 4.69) is 17.6 Å². The van der Waals surface area contributed by atoms with E-state index in [0.717, 1.165) is 45.4 Å². The first kappa shape index (κ1) is 10.9. The Morgan fingerprint density at radius 2 is 2.40 bits per heavy atom. The van der Waals surface area contributed by atoms with Crippen molar-refractivity contribution in [2.45, 2.75) is 44.2 Å². The largest absolute Gasteiger partial charge is 0.379 e. The molecule has 0 spiro atoms. The minimum absolute atomic E-state index is 0.00759. The molecule has 0 bridgehead atoms. The van der Waals surface area contributed by atoms with Gasteiger partial charge in [0.1, 0.15) is 0 Å². The fraction of sp³-hybridized carbons (Fsp3) is 0.909. The molecule has 1 amide bonds. The molecule has 0 aromatic rings. The lowest BCUT2D eigenvalue weighted by molar-refractivity contribution is -0.123. The van der Waals surface area contributed by atoms with Crippen LogP contribution in [-0.4, -0.2) is 37.2 Å². The van der Waals surface area contributed by atoms with Crippen LogP contribution in [0, 0.1) is 0 Å². The third-order valence-corrected chi connectivity index (χ3v) is 3.28. The number of carbonyl (C=O) groups excluding carboxylic acids is 1. The average molecular weight is 212 g/mol. The maximum atomic E-state index is 11.7. The smallest absolute Gasteiger partial charge is 0.237 e. The van der Waals surface area contributed by atoms with Crippen molar-refractivity contribution in [2.24, 2.45) is 0 Å². The van der Waals surface area contributed by atoms with E-state index < -0.39 is 0 Å². The Bertz CT molecular complexity index is 237. The lowest BCUT2D eigenvalue weighted by Crippen LogP contribution is -2.54. The van der Waals surface area contributed by atoms with Gasteiger partial charge in [0, 0.05) is 18.7 Å². The molecule has 4 nitrogen and oxygen atoms in total. The number of nitrogens with one attached hydrogen (secondary N) is 2. The highest BCUT2D eigenvalue weighted by molar-refractivity contribution is 5.82. The van der Waals surface area contributed by atoms with Crippen LogP contribution in [0.15, 0.2) is 0 Å². The normalized spacial score (nSPS) is 37.4. The molecule has 2 aliphatic rings. The Morgan fingerprint density at radius 3 is 3.13 bits per heavy atom. The second kappa shape index (κ2) is 4.49. The van der Waals surface area contributed by atoms with Gasteiger partial charge in [0.2, 0.25) is 5.91 Å². The van der Waals surface area contributed by atoms with E-state index in [9.17, 15) is 4.79 Å². The maximum absolute atomic E-state index is 11.7. The van der Waals surface area contributed by atoms with E-state index in [0.29, 0.717) is 0 Å². The summed E-state index contributed by atoms with van der Waals surface area (Å²) in [5, 5.41) is 6.39. The Morgan fingerprint density at radius 1 is 1.53 bits per heavy atom. The maximum Gasteiger partial charge on any atom is 0.237 e. The number of hydrogen-bond donors (Lipinski definition) is 2. The Balaban J connectivity index is 1.93. The first-order chi connectivity index (χ1) is 7.20. The summed E-state index contributed by atoms with van der Waals surface area (Å²) >= 11 is 0. The van der Waals surface area contributed by atoms with Crippen molar-refractivity contribution < 1.29 is 9.53 Å². The molecule has 2 fully saturated rings. The summed E-state index contributed by atoms with van der Waals surface area (Å²) in [6, 6.07) is -0.0285. The van der Waals surface area contributed by atoms with Gasteiger partial charge in [0.25, 0.3) is 0 Å². The van der Waals surface area contributed by atoms with Crippen molar-refractivity contribution in [2.75, 3.05) is 19.8 Å². The number of rotatable bonds is 2. The van der Waals surface area contributed by atoms with Gasteiger partial charge in [-0.15, -0.1) is 0 Å². The molecule has 15 heavy (non-hydrogen) atoms. The lowest BCUT2D eigenvalue weighted by Gasteiger charge is -2.28. The SMILES string of the molecule is CC1(NC2CCCCNC2=O)CCOC1. The van der Waals surface area contributed by atoms with Gasteiger partial charge < -0.3 is 10.1 Å². The van der Waals surface area contributed by atoms with Crippen LogP contribution < -0.4 is 10.6 Å². The zero-order valence-electron chi connectivity index (χ0n) is 9.34. The molecule has 0 aromatic heterocycles. The first-order valence-electron chi connectivity index (χ1n) is 5.83. The van der Waals surface area contributed by atoms with Crippen LogP contribution >= 0.6 is 0 Å². The molecule has 2 aliphatic heterocycles. The summed E-state index contributed by atoms with van der Waals surface area (Å²) < 4.78 is 5.37.